The van der Waals surface area contributed by atoms with Gasteiger partial charge in [0.25, 0.3) is 0 Å². The highest BCUT2D eigenvalue weighted by Gasteiger charge is 2.43. The first-order valence-corrected chi connectivity index (χ1v) is 13.9. The Bertz CT molecular complexity index is 1340. The van der Waals surface area contributed by atoms with Crippen molar-refractivity contribution in [3.05, 3.63) is 77.9 Å². The van der Waals surface area contributed by atoms with Gasteiger partial charge in [-0.15, -0.1) is 0 Å². The highest BCUT2D eigenvalue weighted by atomic mass is 19.1. The number of ether oxygens (including phenoxy) is 2. The molecule has 6 heteroatoms. The van der Waals surface area contributed by atoms with E-state index in [9.17, 15) is 4.39 Å². The molecule has 1 saturated heterocycles. The lowest BCUT2D eigenvalue weighted by Gasteiger charge is -2.25. The van der Waals surface area contributed by atoms with Crippen molar-refractivity contribution in [3.8, 4) is 22.6 Å². The van der Waals surface area contributed by atoms with Gasteiger partial charge >= 0.3 is 0 Å². The molecule has 1 saturated carbocycles. The van der Waals surface area contributed by atoms with E-state index in [4.69, 9.17) is 18.9 Å². The summed E-state index contributed by atoms with van der Waals surface area (Å²) < 4.78 is 31.9. The van der Waals surface area contributed by atoms with E-state index in [1.807, 2.05) is 38.1 Å². The van der Waals surface area contributed by atoms with E-state index in [0.29, 0.717) is 31.1 Å². The molecule has 0 radical (unpaired) electrons. The Labute approximate surface area is 223 Å². The molecule has 0 amide bonds. The average Bonchev–Trinajstić information content (AvgIpc) is 3.62. The molecule has 0 N–H and O–H groups in total. The average molecular weight is 515 g/mol. The number of nitrogens with zero attached hydrogens (tertiary/aromatic N) is 2. The molecule has 2 heterocycles. The summed E-state index contributed by atoms with van der Waals surface area (Å²) in [6, 6.07) is 19.4. The number of para-hydroxylation sites is 2. The summed E-state index contributed by atoms with van der Waals surface area (Å²) in [6.07, 6.45) is 4.54. The minimum atomic E-state index is -0.254. The maximum atomic E-state index is 13.6. The molecule has 1 aliphatic carbocycles. The molecule has 0 spiro atoms. The molecule has 1 aliphatic heterocycles. The van der Waals surface area contributed by atoms with Gasteiger partial charge in [-0.2, -0.15) is 0 Å². The Kier molecular flexibility index (Phi) is 7.07. The van der Waals surface area contributed by atoms with Crippen LogP contribution in [0.2, 0.25) is 0 Å². The minimum Gasteiger partial charge on any atom is -0.493 e. The zero-order valence-electron chi connectivity index (χ0n) is 22.2. The number of likely N-dealkylation sites (tertiary alicyclic amines) is 1. The normalized spacial score (nSPS) is 21.2. The Hall–Kier alpha value is -3.38. The largest absolute Gasteiger partial charge is 0.493 e. The summed E-state index contributed by atoms with van der Waals surface area (Å²) in [5.41, 5.74) is 4.79. The maximum absolute atomic E-state index is 13.6. The van der Waals surface area contributed by atoms with Gasteiger partial charge in [-0.25, -0.2) is 9.37 Å². The quantitative estimate of drug-likeness (QED) is 0.235. The summed E-state index contributed by atoms with van der Waals surface area (Å²) in [7, 11) is 0. The van der Waals surface area contributed by atoms with Gasteiger partial charge in [0.2, 0.25) is 0 Å². The summed E-state index contributed by atoms with van der Waals surface area (Å²) in [5.74, 6) is 3.47. The summed E-state index contributed by atoms with van der Waals surface area (Å²) in [6.45, 7) is 7.03. The zero-order valence-corrected chi connectivity index (χ0v) is 22.2. The molecule has 3 atom stereocenters. The number of rotatable bonds is 9. The summed E-state index contributed by atoms with van der Waals surface area (Å²) in [4.78, 5) is 7.37. The fourth-order valence-electron chi connectivity index (χ4n) is 6.58. The van der Waals surface area contributed by atoms with Crippen LogP contribution < -0.4 is 9.47 Å². The number of halogens is 1. The van der Waals surface area contributed by atoms with Crippen LogP contribution in [-0.4, -0.2) is 35.7 Å². The van der Waals surface area contributed by atoms with Crippen LogP contribution in [0.4, 0.5) is 4.39 Å². The van der Waals surface area contributed by atoms with Crippen LogP contribution in [0.3, 0.4) is 0 Å². The van der Waals surface area contributed by atoms with E-state index < -0.39 is 0 Å². The van der Waals surface area contributed by atoms with Crippen LogP contribution in [0.25, 0.3) is 22.2 Å². The molecule has 38 heavy (non-hydrogen) atoms. The Morgan fingerprint density at radius 2 is 1.68 bits per heavy atom. The zero-order chi connectivity index (χ0) is 26.1. The molecule has 198 valence electrons. The minimum absolute atomic E-state index is 0.254. The molecular formula is C32H35FN2O3. The van der Waals surface area contributed by atoms with Crippen molar-refractivity contribution < 1.29 is 18.3 Å². The van der Waals surface area contributed by atoms with E-state index in [-0.39, 0.29) is 5.82 Å². The van der Waals surface area contributed by atoms with Gasteiger partial charge in [-0.1, -0.05) is 24.3 Å². The Morgan fingerprint density at radius 1 is 0.947 bits per heavy atom. The van der Waals surface area contributed by atoms with Crippen LogP contribution in [-0.2, 0) is 13.0 Å². The molecule has 1 aromatic heterocycles. The van der Waals surface area contributed by atoms with Crippen molar-refractivity contribution >= 4 is 11.1 Å². The monoisotopic (exact) mass is 514 g/mol. The third-order valence-electron chi connectivity index (χ3n) is 8.17. The fourth-order valence-corrected chi connectivity index (χ4v) is 6.58. The van der Waals surface area contributed by atoms with Gasteiger partial charge in [0.15, 0.2) is 11.5 Å². The van der Waals surface area contributed by atoms with Crippen molar-refractivity contribution in [2.75, 3.05) is 19.8 Å². The van der Waals surface area contributed by atoms with E-state index >= 15 is 0 Å². The highest BCUT2D eigenvalue weighted by molar-refractivity contribution is 5.77. The second-order valence-electron chi connectivity index (χ2n) is 10.4. The molecule has 1 unspecified atom stereocenters. The number of hydrogen-bond acceptors (Lipinski definition) is 5. The molecule has 3 aromatic carbocycles. The van der Waals surface area contributed by atoms with Gasteiger partial charge in [0, 0.05) is 19.0 Å². The smallest absolute Gasteiger partial charge is 0.195 e. The molecule has 5 nitrogen and oxygen atoms in total. The van der Waals surface area contributed by atoms with Crippen molar-refractivity contribution in [2.24, 2.45) is 11.8 Å². The first kappa shape index (κ1) is 24.9. The van der Waals surface area contributed by atoms with Gasteiger partial charge in [-0.3, -0.25) is 4.90 Å². The fraction of sp³-hybridized carbons (Fsp3) is 0.406. The third kappa shape index (κ3) is 4.90. The van der Waals surface area contributed by atoms with Crippen molar-refractivity contribution in [2.45, 2.75) is 52.1 Å². The van der Waals surface area contributed by atoms with Crippen molar-refractivity contribution in [1.82, 2.24) is 9.88 Å². The van der Waals surface area contributed by atoms with Crippen LogP contribution in [0.5, 0.6) is 11.5 Å². The van der Waals surface area contributed by atoms with Crippen molar-refractivity contribution in [1.29, 1.82) is 0 Å². The van der Waals surface area contributed by atoms with Crippen LogP contribution >= 0.6 is 0 Å². The number of oxazole rings is 1. The first-order valence-electron chi connectivity index (χ1n) is 13.9. The number of hydrogen-bond donors (Lipinski definition) is 0. The molecule has 0 bridgehead atoms. The summed E-state index contributed by atoms with van der Waals surface area (Å²) in [5, 5.41) is 0. The highest BCUT2D eigenvalue weighted by Crippen LogP contribution is 2.45. The first-order chi connectivity index (χ1) is 18.6. The lowest BCUT2D eigenvalue weighted by molar-refractivity contribution is 0.224. The topological polar surface area (TPSA) is 47.7 Å². The molecule has 2 aliphatic rings. The van der Waals surface area contributed by atoms with E-state index in [1.54, 1.807) is 12.1 Å². The second kappa shape index (κ2) is 10.8. The molecule has 2 fully saturated rings. The molecular weight excluding hydrogens is 479 g/mol. The number of benzene rings is 3. The van der Waals surface area contributed by atoms with Gasteiger partial charge < -0.3 is 13.9 Å². The number of fused-ring (bicyclic) bond motifs is 2. The SMILES string of the molecule is CCOc1cc(CN2CC[C@H]3C(Cc4nc5ccccc5o4)CC[C@H]32)cc(OCC)c1-c1ccc(F)cc1. The lowest BCUT2D eigenvalue weighted by Crippen LogP contribution is -2.30. The van der Waals surface area contributed by atoms with E-state index in [2.05, 4.69) is 17.0 Å². The van der Waals surface area contributed by atoms with Crippen molar-refractivity contribution in [3.63, 3.8) is 0 Å². The Morgan fingerprint density at radius 3 is 2.39 bits per heavy atom. The number of aromatic nitrogens is 1. The molecule has 4 aromatic rings. The molecule has 6 rings (SSSR count). The maximum Gasteiger partial charge on any atom is 0.195 e. The van der Waals surface area contributed by atoms with Crippen LogP contribution in [0, 0.1) is 17.7 Å². The standard InChI is InChI=1S/C32H35FN2O3/c1-3-36-29-17-21(18-30(37-4-2)32(29)22-9-12-24(33)13-10-22)20-35-16-15-25-23(11-14-27(25)35)19-31-34-26-7-5-6-8-28(26)38-31/h5-10,12-13,17-18,23,25,27H,3-4,11,14-16,19-20H2,1-2H3/t23?,25-,27+/m0/s1. The third-order valence-corrected chi connectivity index (χ3v) is 8.17. The van der Waals surface area contributed by atoms with Crippen LogP contribution in [0.15, 0.2) is 65.1 Å². The van der Waals surface area contributed by atoms with Gasteiger partial charge in [0.1, 0.15) is 22.8 Å². The summed E-state index contributed by atoms with van der Waals surface area (Å²) >= 11 is 0. The van der Waals surface area contributed by atoms with Gasteiger partial charge in [-0.05, 0) is 99.0 Å². The predicted molar refractivity (Wildman–Crippen MR) is 147 cm³/mol. The Balaban J connectivity index is 1.21. The predicted octanol–water partition coefficient (Wildman–Crippen LogP) is 7.27. The lowest BCUT2D eigenvalue weighted by atomic mass is 9.90. The van der Waals surface area contributed by atoms with Crippen LogP contribution in [0.1, 0.15) is 44.6 Å². The van der Waals surface area contributed by atoms with Gasteiger partial charge in [0.05, 0.1) is 18.8 Å². The second-order valence-corrected chi connectivity index (χ2v) is 10.4. The van der Waals surface area contributed by atoms with E-state index in [0.717, 1.165) is 59.1 Å². The van der Waals surface area contributed by atoms with E-state index in [1.165, 1.54) is 37.0 Å².